The molecule has 0 saturated heterocycles. The van der Waals surface area contributed by atoms with Gasteiger partial charge in [0, 0.05) is 23.8 Å². The van der Waals surface area contributed by atoms with Crippen LogP contribution in [0.25, 0.3) is 22.6 Å². The Kier molecular flexibility index (Phi) is 6.95. The summed E-state index contributed by atoms with van der Waals surface area (Å²) in [6.45, 7) is 1.87. The lowest BCUT2D eigenvalue weighted by atomic mass is 10.1. The summed E-state index contributed by atoms with van der Waals surface area (Å²) in [5.74, 6) is 0.930. The number of hydrogen-bond donors (Lipinski definition) is 0. The molecule has 0 saturated carbocycles. The van der Waals surface area contributed by atoms with Crippen molar-refractivity contribution in [3.63, 3.8) is 0 Å². The zero-order valence-corrected chi connectivity index (χ0v) is 15.7. The summed E-state index contributed by atoms with van der Waals surface area (Å²) in [5, 5.41) is 3.76. The standard InChI is InChI=1S/C22H22N2O4/c1-2-26-20(25)16-27-23-15-9-14-19-24-21(17-10-5-3-6-11-17)22(28-19)18-12-7-4-8-13-18/h3-8,10-13,15H,2,9,14,16H2,1H3/b23-15+. The van der Waals surface area contributed by atoms with Crippen molar-refractivity contribution in [2.45, 2.75) is 19.8 Å². The smallest absolute Gasteiger partial charge is 0.347 e. The Hall–Kier alpha value is -3.41. The number of hydrogen-bond acceptors (Lipinski definition) is 6. The Balaban J connectivity index is 1.67. The molecular weight excluding hydrogens is 356 g/mol. The van der Waals surface area contributed by atoms with E-state index >= 15 is 0 Å². The summed E-state index contributed by atoms with van der Waals surface area (Å²) in [6, 6.07) is 19.9. The SMILES string of the molecule is CCOC(=O)CO/N=C/CCc1nc(-c2ccccc2)c(-c2ccccc2)o1. The van der Waals surface area contributed by atoms with Crippen molar-refractivity contribution in [2.75, 3.05) is 13.2 Å². The van der Waals surface area contributed by atoms with Crippen LogP contribution in [0.2, 0.25) is 0 Å². The number of oxime groups is 1. The molecule has 0 N–H and O–H groups in total. The highest BCUT2D eigenvalue weighted by Crippen LogP contribution is 2.32. The van der Waals surface area contributed by atoms with Gasteiger partial charge in [0.2, 0.25) is 6.61 Å². The van der Waals surface area contributed by atoms with Gasteiger partial charge in [0.05, 0.1) is 6.61 Å². The van der Waals surface area contributed by atoms with E-state index in [0.717, 1.165) is 22.6 Å². The Morgan fingerprint density at radius 2 is 1.75 bits per heavy atom. The third kappa shape index (κ3) is 5.30. The van der Waals surface area contributed by atoms with Gasteiger partial charge >= 0.3 is 5.97 Å². The van der Waals surface area contributed by atoms with E-state index in [-0.39, 0.29) is 6.61 Å². The molecule has 1 heterocycles. The predicted octanol–water partition coefficient (Wildman–Crippen LogP) is 4.51. The molecule has 6 heteroatoms. The number of esters is 1. The fourth-order valence-corrected chi connectivity index (χ4v) is 2.63. The highest BCUT2D eigenvalue weighted by atomic mass is 16.6. The van der Waals surface area contributed by atoms with Crippen LogP contribution in [0.3, 0.4) is 0 Å². The van der Waals surface area contributed by atoms with Crippen LogP contribution >= 0.6 is 0 Å². The minimum atomic E-state index is -0.438. The molecule has 1 aromatic heterocycles. The molecule has 0 aliphatic carbocycles. The second-order valence-corrected chi connectivity index (χ2v) is 5.92. The number of rotatable bonds is 9. The molecular formula is C22H22N2O4. The fraction of sp³-hybridized carbons (Fsp3) is 0.227. The van der Waals surface area contributed by atoms with Crippen molar-refractivity contribution in [1.82, 2.24) is 4.98 Å². The summed E-state index contributed by atoms with van der Waals surface area (Å²) < 4.78 is 10.8. The molecule has 3 rings (SSSR count). The summed E-state index contributed by atoms with van der Waals surface area (Å²) in [6.07, 6.45) is 2.73. The first-order chi connectivity index (χ1) is 13.8. The number of aryl methyl sites for hydroxylation is 1. The molecule has 6 nitrogen and oxygen atoms in total. The number of carbonyl (C=O) groups is 1. The molecule has 3 aromatic rings. The third-order valence-electron chi connectivity index (χ3n) is 3.88. The topological polar surface area (TPSA) is 73.9 Å². The molecule has 0 amide bonds. The van der Waals surface area contributed by atoms with E-state index in [2.05, 4.69) is 10.1 Å². The second kappa shape index (κ2) is 10.1. The molecule has 0 fully saturated rings. The molecule has 0 aliphatic rings. The number of oxazole rings is 1. The van der Waals surface area contributed by atoms with Crippen molar-refractivity contribution < 1.29 is 18.8 Å². The van der Waals surface area contributed by atoms with Gasteiger partial charge in [-0.15, -0.1) is 0 Å². The molecule has 2 aromatic carbocycles. The first kappa shape index (κ1) is 19.4. The van der Waals surface area contributed by atoms with E-state index in [0.29, 0.717) is 25.3 Å². The molecule has 0 unspecified atom stereocenters. The van der Waals surface area contributed by atoms with E-state index in [1.54, 1.807) is 13.1 Å². The molecule has 28 heavy (non-hydrogen) atoms. The number of nitrogens with zero attached hydrogens (tertiary/aromatic N) is 2. The van der Waals surface area contributed by atoms with Crippen LogP contribution < -0.4 is 0 Å². The fourth-order valence-electron chi connectivity index (χ4n) is 2.63. The van der Waals surface area contributed by atoms with Gasteiger partial charge in [0.25, 0.3) is 0 Å². The maximum atomic E-state index is 11.2. The van der Waals surface area contributed by atoms with Crippen molar-refractivity contribution in [2.24, 2.45) is 5.16 Å². The van der Waals surface area contributed by atoms with Crippen molar-refractivity contribution >= 4 is 12.2 Å². The number of carbonyl (C=O) groups excluding carboxylic acids is 1. The maximum Gasteiger partial charge on any atom is 0.347 e. The van der Waals surface area contributed by atoms with Crippen LogP contribution in [0, 0.1) is 0 Å². The minimum Gasteiger partial charge on any atom is -0.463 e. The maximum absolute atomic E-state index is 11.2. The Morgan fingerprint density at radius 3 is 2.43 bits per heavy atom. The van der Waals surface area contributed by atoms with Gasteiger partial charge in [0.1, 0.15) is 5.69 Å². The molecule has 0 atom stereocenters. The van der Waals surface area contributed by atoms with Gasteiger partial charge in [-0.1, -0.05) is 65.8 Å². The van der Waals surface area contributed by atoms with E-state index in [9.17, 15) is 4.79 Å². The largest absolute Gasteiger partial charge is 0.463 e. The van der Waals surface area contributed by atoms with Crippen molar-refractivity contribution in [1.29, 1.82) is 0 Å². The average molecular weight is 378 g/mol. The minimum absolute atomic E-state index is 0.195. The number of ether oxygens (including phenoxy) is 1. The van der Waals surface area contributed by atoms with Gasteiger partial charge < -0.3 is 14.0 Å². The first-order valence-electron chi connectivity index (χ1n) is 9.18. The van der Waals surface area contributed by atoms with E-state index < -0.39 is 5.97 Å². The lowest BCUT2D eigenvalue weighted by Gasteiger charge is -2.00. The lowest BCUT2D eigenvalue weighted by molar-refractivity contribution is -0.148. The molecule has 144 valence electrons. The third-order valence-corrected chi connectivity index (χ3v) is 3.88. The highest BCUT2D eigenvalue weighted by molar-refractivity contribution is 5.76. The normalized spacial score (nSPS) is 10.9. The predicted molar refractivity (Wildman–Crippen MR) is 107 cm³/mol. The lowest BCUT2D eigenvalue weighted by Crippen LogP contribution is -2.10. The Morgan fingerprint density at radius 1 is 1.07 bits per heavy atom. The van der Waals surface area contributed by atoms with Crippen LogP contribution in [0.15, 0.2) is 70.2 Å². The van der Waals surface area contributed by atoms with E-state index in [1.165, 1.54) is 0 Å². The molecule has 0 spiro atoms. The van der Waals surface area contributed by atoms with Gasteiger partial charge in [-0.25, -0.2) is 9.78 Å². The quantitative estimate of drug-likeness (QED) is 0.311. The monoisotopic (exact) mass is 378 g/mol. The van der Waals surface area contributed by atoms with Crippen molar-refractivity contribution in [3.8, 4) is 22.6 Å². The zero-order chi connectivity index (χ0) is 19.6. The zero-order valence-electron chi connectivity index (χ0n) is 15.7. The summed E-state index contributed by atoms with van der Waals surface area (Å²) in [4.78, 5) is 20.7. The molecule has 0 aliphatic heterocycles. The Bertz CT molecular complexity index is 848. The highest BCUT2D eigenvalue weighted by Gasteiger charge is 2.16. The van der Waals surface area contributed by atoms with Crippen LogP contribution in [-0.2, 0) is 20.8 Å². The average Bonchev–Trinajstić information content (AvgIpc) is 3.16. The van der Waals surface area contributed by atoms with Gasteiger partial charge in [-0.3, -0.25) is 0 Å². The van der Waals surface area contributed by atoms with E-state index in [1.807, 2.05) is 60.7 Å². The van der Waals surface area contributed by atoms with Crippen LogP contribution in [0.1, 0.15) is 19.2 Å². The second-order valence-electron chi connectivity index (χ2n) is 5.92. The molecule has 0 bridgehead atoms. The van der Waals surface area contributed by atoms with Crippen LogP contribution in [-0.4, -0.2) is 30.4 Å². The number of benzene rings is 2. The van der Waals surface area contributed by atoms with Gasteiger partial charge in [-0.05, 0) is 13.3 Å². The van der Waals surface area contributed by atoms with Gasteiger partial charge in [0.15, 0.2) is 11.7 Å². The van der Waals surface area contributed by atoms with Gasteiger partial charge in [-0.2, -0.15) is 0 Å². The number of aromatic nitrogens is 1. The van der Waals surface area contributed by atoms with E-state index in [4.69, 9.17) is 14.0 Å². The van der Waals surface area contributed by atoms with Crippen LogP contribution in [0.4, 0.5) is 0 Å². The molecule has 0 radical (unpaired) electrons. The van der Waals surface area contributed by atoms with Crippen molar-refractivity contribution in [3.05, 3.63) is 66.6 Å². The first-order valence-corrected chi connectivity index (χ1v) is 9.18. The Labute approximate surface area is 163 Å². The summed E-state index contributed by atoms with van der Waals surface area (Å²) in [7, 11) is 0. The summed E-state index contributed by atoms with van der Waals surface area (Å²) >= 11 is 0. The summed E-state index contributed by atoms with van der Waals surface area (Å²) in [5.41, 5.74) is 2.80. The van der Waals surface area contributed by atoms with Crippen LogP contribution in [0.5, 0.6) is 0 Å².